The average Bonchev–Trinajstić information content (AvgIpc) is 2.73. The fraction of sp³-hybridized carbons (Fsp3) is 0.409. The molecular weight excluding hydrogens is 352 g/mol. The molecule has 0 radical (unpaired) electrons. The van der Waals surface area contributed by atoms with Crippen LogP contribution in [0.2, 0.25) is 0 Å². The van der Waals surface area contributed by atoms with Gasteiger partial charge in [0.2, 0.25) is 0 Å². The van der Waals surface area contributed by atoms with Gasteiger partial charge in [-0.1, -0.05) is 24.3 Å². The van der Waals surface area contributed by atoms with Crippen molar-refractivity contribution in [1.29, 1.82) is 0 Å². The third-order valence-electron chi connectivity index (χ3n) is 4.91. The van der Waals surface area contributed by atoms with E-state index in [1.165, 1.54) is 0 Å². The average molecular weight is 383 g/mol. The van der Waals surface area contributed by atoms with Gasteiger partial charge < -0.3 is 25.0 Å². The first-order valence-electron chi connectivity index (χ1n) is 9.90. The third kappa shape index (κ3) is 5.09. The normalized spacial score (nSPS) is 14.9. The van der Waals surface area contributed by atoms with Crippen molar-refractivity contribution in [3.8, 4) is 11.5 Å². The molecule has 0 atom stereocenters. The molecule has 0 bridgehead atoms. The highest BCUT2D eigenvalue weighted by Gasteiger charge is 2.21. The Morgan fingerprint density at radius 2 is 1.89 bits per heavy atom. The SMILES string of the molecule is CCNC(=NCCc1cccc(O)c1)N1CCN(c2ccccc2OC)CC1. The van der Waals surface area contributed by atoms with Crippen LogP contribution in [-0.4, -0.2) is 62.3 Å². The minimum absolute atomic E-state index is 0.306. The number of hydrogen-bond acceptors (Lipinski definition) is 4. The number of para-hydroxylation sites is 2. The number of anilines is 1. The van der Waals surface area contributed by atoms with Crippen molar-refractivity contribution in [2.45, 2.75) is 13.3 Å². The number of methoxy groups -OCH3 is 1. The Morgan fingerprint density at radius 1 is 1.11 bits per heavy atom. The summed E-state index contributed by atoms with van der Waals surface area (Å²) in [6.07, 6.45) is 0.810. The topological polar surface area (TPSA) is 60.3 Å². The van der Waals surface area contributed by atoms with Gasteiger partial charge in [-0.2, -0.15) is 0 Å². The molecule has 0 aliphatic carbocycles. The number of piperazine rings is 1. The van der Waals surface area contributed by atoms with Crippen molar-refractivity contribution < 1.29 is 9.84 Å². The number of aromatic hydroxyl groups is 1. The van der Waals surface area contributed by atoms with Crippen molar-refractivity contribution in [3.63, 3.8) is 0 Å². The largest absolute Gasteiger partial charge is 0.508 e. The van der Waals surface area contributed by atoms with Crippen molar-refractivity contribution in [2.24, 2.45) is 4.99 Å². The van der Waals surface area contributed by atoms with Crippen LogP contribution >= 0.6 is 0 Å². The molecule has 1 aliphatic heterocycles. The number of aliphatic imine (C=N–C) groups is 1. The quantitative estimate of drug-likeness (QED) is 0.594. The van der Waals surface area contributed by atoms with Gasteiger partial charge in [-0.15, -0.1) is 0 Å². The van der Waals surface area contributed by atoms with E-state index in [1.54, 1.807) is 19.2 Å². The summed E-state index contributed by atoms with van der Waals surface area (Å²) in [5, 5.41) is 13.0. The molecule has 6 nitrogen and oxygen atoms in total. The monoisotopic (exact) mass is 382 g/mol. The van der Waals surface area contributed by atoms with E-state index in [4.69, 9.17) is 9.73 Å². The van der Waals surface area contributed by atoms with Gasteiger partial charge in [0.05, 0.1) is 12.8 Å². The molecule has 2 N–H and O–H groups in total. The maximum atomic E-state index is 9.60. The minimum atomic E-state index is 0.306. The first kappa shape index (κ1) is 19.9. The Labute approximate surface area is 167 Å². The van der Waals surface area contributed by atoms with Crippen LogP contribution in [-0.2, 0) is 6.42 Å². The molecule has 3 rings (SSSR count). The zero-order valence-corrected chi connectivity index (χ0v) is 16.8. The fourth-order valence-corrected chi connectivity index (χ4v) is 3.48. The predicted molar refractivity (Wildman–Crippen MR) is 115 cm³/mol. The summed E-state index contributed by atoms with van der Waals surface area (Å²) < 4.78 is 5.51. The summed E-state index contributed by atoms with van der Waals surface area (Å²) in [5.41, 5.74) is 2.25. The first-order valence-corrected chi connectivity index (χ1v) is 9.90. The van der Waals surface area contributed by atoms with Gasteiger partial charge in [-0.25, -0.2) is 0 Å². The number of benzene rings is 2. The van der Waals surface area contributed by atoms with Crippen LogP contribution in [0.5, 0.6) is 11.5 Å². The van der Waals surface area contributed by atoms with Crippen LogP contribution in [0, 0.1) is 0 Å². The Hall–Kier alpha value is -2.89. The van der Waals surface area contributed by atoms with E-state index >= 15 is 0 Å². The van der Waals surface area contributed by atoms with Gasteiger partial charge in [0.15, 0.2) is 5.96 Å². The summed E-state index contributed by atoms with van der Waals surface area (Å²) >= 11 is 0. The second-order valence-electron chi connectivity index (χ2n) is 6.80. The maximum Gasteiger partial charge on any atom is 0.194 e. The standard InChI is InChI=1S/C22H30N4O2/c1-3-23-22(24-12-11-18-7-6-8-19(27)17-18)26-15-13-25(14-16-26)20-9-4-5-10-21(20)28-2/h4-10,17,27H,3,11-16H2,1-2H3,(H,23,24). The Balaban J connectivity index is 1.59. The van der Waals surface area contributed by atoms with Gasteiger partial charge >= 0.3 is 0 Å². The molecular formula is C22H30N4O2. The second kappa shape index (κ2) is 9.88. The molecule has 1 heterocycles. The molecule has 2 aromatic rings. The van der Waals surface area contributed by atoms with Gasteiger partial charge in [0, 0.05) is 39.3 Å². The number of phenolic OH excluding ortho intramolecular Hbond substituents is 1. The van der Waals surface area contributed by atoms with Crippen LogP contribution in [0.25, 0.3) is 0 Å². The second-order valence-corrected chi connectivity index (χ2v) is 6.80. The molecule has 150 valence electrons. The molecule has 1 aliphatic rings. The Bertz CT molecular complexity index is 786. The Kier molecular flexibility index (Phi) is 7.00. The van der Waals surface area contributed by atoms with Crippen molar-refractivity contribution in [3.05, 3.63) is 54.1 Å². The number of nitrogens with one attached hydrogen (secondary N) is 1. The minimum Gasteiger partial charge on any atom is -0.508 e. The molecule has 28 heavy (non-hydrogen) atoms. The number of nitrogens with zero attached hydrogens (tertiary/aromatic N) is 3. The highest BCUT2D eigenvalue weighted by Crippen LogP contribution is 2.28. The van der Waals surface area contributed by atoms with E-state index in [9.17, 15) is 5.11 Å². The van der Waals surface area contributed by atoms with Gasteiger partial charge in [-0.3, -0.25) is 4.99 Å². The summed E-state index contributed by atoms with van der Waals surface area (Å²) in [6, 6.07) is 15.6. The lowest BCUT2D eigenvalue weighted by Gasteiger charge is -2.38. The van der Waals surface area contributed by atoms with E-state index in [0.29, 0.717) is 12.3 Å². The van der Waals surface area contributed by atoms with Gasteiger partial charge in [0.1, 0.15) is 11.5 Å². The highest BCUT2D eigenvalue weighted by molar-refractivity contribution is 5.80. The smallest absolute Gasteiger partial charge is 0.194 e. The van der Waals surface area contributed by atoms with Gasteiger partial charge in [-0.05, 0) is 43.2 Å². The molecule has 0 saturated carbocycles. The van der Waals surface area contributed by atoms with E-state index in [0.717, 1.165) is 62.1 Å². The number of hydrogen-bond donors (Lipinski definition) is 2. The van der Waals surface area contributed by atoms with Gasteiger partial charge in [0.25, 0.3) is 0 Å². The highest BCUT2D eigenvalue weighted by atomic mass is 16.5. The number of ether oxygens (including phenoxy) is 1. The molecule has 0 spiro atoms. The van der Waals surface area contributed by atoms with Crippen molar-refractivity contribution in [2.75, 3.05) is 51.3 Å². The molecule has 0 amide bonds. The fourth-order valence-electron chi connectivity index (χ4n) is 3.48. The van der Waals surface area contributed by atoms with E-state index < -0.39 is 0 Å². The van der Waals surface area contributed by atoms with Crippen LogP contribution in [0.1, 0.15) is 12.5 Å². The number of phenols is 1. The zero-order valence-electron chi connectivity index (χ0n) is 16.8. The van der Waals surface area contributed by atoms with E-state index in [-0.39, 0.29) is 0 Å². The molecule has 6 heteroatoms. The summed E-state index contributed by atoms with van der Waals surface area (Å²) in [4.78, 5) is 9.48. The van der Waals surface area contributed by atoms with Crippen LogP contribution in [0.4, 0.5) is 5.69 Å². The lowest BCUT2D eigenvalue weighted by molar-refractivity contribution is 0.367. The van der Waals surface area contributed by atoms with Crippen LogP contribution in [0.3, 0.4) is 0 Å². The zero-order chi connectivity index (χ0) is 19.8. The lowest BCUT2D eigenvalue weighted by atomic mass is 10.1. The lowest BCUT2D eigenvalue weighted by Crippen LogP contribution is -2.52. The summed E-state index contributed by atoms with van der Waals surface area (Å²) in [6.45, 7) is 7.31. The van der Waals surface area contributed by atoms with Crippen molar-refractivity contribution >= 4 is 11.6 Å². The molecule has 1 saturated heterocycles. The molecule has 0 aromatic heterocycles. The summed E-state index contributed by atoms with van der Waals surface area (Å²) in [7, 11) is 1.72. The van der Waals surface area contributed by atoms with Crippen LogP contribution < -0.4 is 15.0 Å². The number of guanidine groups is 1. The molecule has 2 aromatic carbocycles. The molecule has 1 fully saturated rings. The Morgan fingerprint density at radius 3 is 2.61 bits per heavy atom. The number of rotatable bonds is 6. The third-order valence-corrected chi connectivity index (χ3v) is 4.91. The van der Waals surface area contributed by atoms with Crippen molar-refractivity contribution in [1.82, 2.24) is 10.2 Å². The van der Waals surface area contributed by atoms with E-state index in [2.05, 4.69) is 34.2 Å². The summed E-state index contributed by atoms with van der Waals surface area (Å²) in [5.74, 6) is 2.19. The first-order chi connectivity index (χ1) is 13.7. The molecule has 0 unspecified atom stereocenters. The maximum absolute atomic E-state index is 9.60. The predicted octanol–water partition coefficient (Wildman–Crippen LogP) is 2.73. The van der Waals surface area contributed by atoms with Crippen LogP contribution in [0.15, 0.2) is 53.5 Å². The van der Waals surface area contributed by atoms with E-state index in [1.807, 2.05) is 24.3 Å².